The number of carbonyl (C=O) groups excluding carboxylic acids is 1. The van der Waals surface area contributed by atoms with E-state index in [0.29, 0.717) is 26.2 Å². The molecular weight excluding hydrogens is 366 g/mol. The fraction of sp³-hybridized carbons (Fsp3) is 0.478. The van der Waals surface area contributed by atoms with E-state index in [2.05, 4.69) is 30.0 Å². The summed E-state index contributed by atoms with van der Waals surface area (Å²) >= 11 is 0. The number of benzene rings is 1. The van der Waals surface area contributed by atoms with Crippen molar-refractivity contribution in [3.63, 3.8) is 0 Å². The first kappa shape index (κ1) is 18.6. The monoisotopic (exact) mass is 393 g/mol. The second-order valence-corrected chi connectivity index (χ2v) is 8.41. The number of likely N-dealkylation sites (tertiary alicyclic amines) is 1. The Morgan fingerprint density at radius 1 is 1.14 bits per heavy atom. The van der Waals surface area contributed by atoms with Gasteiger partial charge in [0.2, 0.25) is 5.91 Å². The molecule has 0 unspecified atom stereocenters. The second kappa shape index (κ2) is 7.11. The molecule has 0 bridgehead atoms. The van der Waals surface area contributed by atoms with Crippen LogP contribution in [0.1, 0.15) is 29.8 Å². The number of likely N-dealkylation sites (N-methyl/N-ethyl adjacent to an activating group) is 1. The summed E-state index contributed by atoms with van der Waals surface area (Å²) in [6, 6.07) is 13.4. The molecule has 4 atom stereocenters. The molecule has 1 aromatic carbocycles. The van der Waals surface area contributed by atoms with Crippen LogP contribution in [-0.4, -0.2) is 51.1 Å². The third kappa shape index (κ3) is 2.77. The van der Waals surface area contributed by atoms with Crippen molar-refractivity contribution in [1.82, 2.24) is 14.4 Å². The van der Waals surface area contributed by atoms with Crippen molar-refractivity contribution < 1.29 is 9.90 Å². The summed E-state index contributed by atoms with van der Waals surface area (Å²) in [5.74, 6) is 0.0321. The molecule has 0 spiro atoms. The number of pyridine rings is 1. The van der Waals surface area contributed by atoms with Gasteiger partial charge in [0, 0.05) is 49.8 Å². The van der Waals surface area contributed by atoms with Gasteiger partial charge in [0.25, 0.3) is 5.56 Å². The normalized spacial score (nSPS) is 28.1. The van der Waals surface area contributed by atoms with Gasteiger partial charge in [0.15, 0.2) is 0 Å². The fourth-order valence-electron chi connectivity index (χ4n) is 5.78. The lowest BCUT2D eigenvalue weighted by Gasteiger charge is -2.36. The quantitative estimate of drug-likeness (QED) is 0.857. The van der Waals surface area contributed by atoms with Crippen LogP contribution in [0, 0.1) is 11.8 Å². The zero-order valence-electron chi connectivity index (χ0n) is 16.7. The lowest BCUT2D eigenvalue weighted by atomic mass is 9.87. The number of carbonyl (C=O) groups is 1. The van der Waals surface area contributed by atoms with Crippen molar-refractivity contribution >= 4 is 5.91 Å². The second-order valence-electron chi connectivity index (χ2n) is 8.41. The standard InChI is InChI=1S/C23H27N3O3/c1-2-25-21-17(13-26-19(21)8-5-9-20(26)28)18(14-27)22(25)23(29)24-11-10-15-6-3-4-7-16(15)12-24/h3-9,17-18,21-22,27H,2,10-14H2,1H3/t17-,18-,21+,22-/m1/s1. The Kier molecular flexibility index (Phi) is 4.56. The maximum Gasteiger partial charge on any atom is 0.250 e. The Morgan fingerprint density at radius 2 is 1.93 bits per heavy atom. The van der Waals surface area contributed by atoms with E-state index in [0.717, 1.165) is 12.1 Å². The first-order valence-electron chi connectivity index (χ1n) is 10.6. The van der Waals surface area contributed by atoms with E-state index in [1.54, 1.807) is 12.1 Å². The Labute approximate surface area is 170 Å². The van der Waals surface area contributed by atoms with Gasteiger partial charge < -0.3 is 14.6 Å². The predicted octanol–water partition coefficient (Wildman–Crippen LogP) is 1.42. The third-order valence-corrected chi connectivity index (χ3v) is 7.13. The van der Waals surface area contributed by atoms with Gasteiger partial charge >= 0.3 is 0 Å². The number of rotatable bonds is 3. The van der Waals surface area contributed by atoms with Gasteiger partial charge in [0.1, 0.15) is 0 Å². The number of aromatic nitrogens is 1. The molecule has 2 aromatic rings. The third-order valence-electron chi connectivity index (χ3n) is 7.13. The Hall–Kier alpha value is -2.44. The van der Waals surface area contributed by atoms with Crippen LogP contribution < -0.4 is 5.56 Å². The van der Waals surface area contributed by atoms with Crippen LogP contribution in [0.15, 0.2) is 47.3 Å². The average molecular weight is 393 g/mol. The Balaban J connectivity index is 1.47. The summed E-state index contributed by atoms with van der Waals surface area (Å²) in [5, 5.41) is 10.3. The molecule has 1 amide bonds. The maximum atomic E-state index is 13.7. The summed E-state index contributed by atoms with van der Waals surface area (Å²) in [6.07, 6.45) is 0.871. The van der Waals surface area contributed by atoms with Crippen molar-refractivity contribution in [3.8, 4) is 0 Å². The summed E-state index contributed by atoms with van der Waals surface area (Å²) in [6.45, 7) is 4.66. The highest BCUT2D eigenvalue weighted by atomic mass is 16.3. The molecule has 6 heteroatoms. The minimum atomic E-state index is -0.339. The van der Waals surface area contributed by atoms with Crippen molar-refractivity contribution in [2.75, 3.05) is 19.7 Å². The fourth-order valence-corrected chi connectivity index (χ4v) is 5.78. The number of hydrogen-bond acceptors (Lipinski definition) is 4. The summed E-state index contributed by atoms with van der Waals surface area (Å²) < 4.78 is 1.82. The van der Waals surface area contributed by atoms with Crippen molar-refractivity contribution in [3.05, 3.63) is 69.6 Å². The molecule has 5 rings (SSSR count). The van der Waals surface area contributed by atoms with Crippen LogP contribution >= 0.6 is 0 Å². The molecule has 3 aliphatic heterocycles. The van der Waals surface area contributed by atoms with Crippen molar-refractivity contribution in [2.24, 2.45) is 11.8 Å². The molecule has 1 N–H and O–H groups in total. The zero-order valence-corrected chi connectivity index (χ0v) is 16.7. The number of hydrogen-bond donors (Lipinski definition) is 1. The summed E-state index contributed by atoms with van der Waals surface area (Å²) in [5.41, 5.74) is 3.51. The molecule has 6 nitrogen and oxygen atoms in total. The molecule has 29 heavy (non-hydrogen) atoms. The zero-order chi connectivity index (χ0) is 20.1. The highest BCUT2D eigenvalue weighted by Crippen LogP contribution is 2.49. The SMILES string of the molecule is CCN1[C@@H]2c3cccc(=O)n3C[C@@H]2[C@@H](CO)[C@@H]1C(=O)N1CCc2ccccc2C1. The highest BCUT2D eigenvalue weighted by Gasteiger charge is 2.55. The van der Waals surface area contributed by atoms with Crippen LogP contribution in [0.3, 0.4) is 0 Å². The average Bonchev–Trinajstić information content (AvgIpc) is 3.28. The highest BCUT2D eigenvalue weighted by molar-refractivity contribution is 5.83. The van der Waals surface area contributed by atoms with Gasteiger partial charge in [-0.3, -0.25) is 14.5 Å². The number of aliphatic hydroxyl groups excluding tert-OH is 1. The van der Waals surface area contributed by atoms with E-state index < -0.39 is 0 Å². The lowest BCUT2D eigenvalue weighted by Crippen LogP contribution is -2.51. The molecule has 4 heterocycles. The van der Waals surface area contributed by atoms with Crippen LogP contribution in [-0.2, 0) is 24.3 Å². The van der Waals surface area contributed by atoms with Crippen molar-refractivity contribution in [2.45, 2.75) is 38.5 Å². The van der Waals surface area contributed by atoms with Crippen molar-refractivity contribution in [1.29, 1.82) is 0 Å². The topological polar surface area (TPSA) is 65.8 Å². The number of nitrogens with zero attached hydrogens (tertiary/aromatic N) is 3. The molecular formula is C23H27N3O3. The van der Waals surface area contributed by atoms with Gasteiger partial charge in [-0.25, -0.2) is 0 Å². The smallest absolute Gasteiger partial charge is 0.250 e. The molecule has 1 aromatic heterocycles. The van der Waals surface area contributed by atoms with E-state index in [4.69, 9.17) is 0 Å². The molecule has 0 radical (unpaired) electrons. The van der Waals surface area contributed by atoms with Crippen LogP contribution in [0.2, 0.25) is 0 Å². The molecule has 1 fully saturated rings. The van der Waals surface area contributed by atoms with E-state index in [1.165, 1.54) is 11.1 Å². The van der Waals surface area contributed by atoms with Gasteiger partial charge in [-0.2, -0.15) is 0 Å². The Morgan fingerprint density at radius 3 is 2.69 bits per heavy atom. The van der Waals surface area contributed by atoms with Crippen LogP contribution in [0.25, 0.3) is 0 Å². The molecule has 152 valence electrons. The number of amides is 1. The summed E-state index contributed by atoms with van der Waals surface area (Å²) in [7, 11) is 0. The largest absolute Gasteiger partial charge is 0.396 e. The van der Waals surface area contributed by atoms with Crippen LogP contribution in [0.5, 0.6) is 0 Å². The first-order valence-corrected chi connectivity index (χ1v) is 10.6. The number of fused-ring (bicyclic) bond motifs is 4. The van der Waals surface area contributed by atoms with E-state index in [1.807, 2.05) is 21.6 Å². The minimum absolute atomic E-state index is 0.000145. The van der Waals surface area contributed by atoms with Gasteiger partial charge in [0.05, 0.1) is 12.1 Å². The lowest BCUT2D eigenvalue weighted by molar-refractivity contribution is -0.139. The molecule has 0 aliphatic carbocycles. The van der Waals surface area contributed by atoms with E-state index in [9.17, 15) is 14.7 Å². The van der Waals surface area contributed by atoms with E-state index in [-0.39, 0.29) is 42.0 Å². The predicted molar refractivity (Wildman–Crippen MR) is 109 cm³/mol. The van der Waals surface area contributed by atoms with E-state index >= 15 is 0 Å². The Bertz CT molecular complexity index is 1000. The van der Waals surface area contributed by atoms with Gasteiger partial charge in [-0.1, -0.05) is 37.3 Å². The number of aliphatic hydroxyl groups is 1. The first-order chi connectivity index (χ1) is 14.1. The van der Waals surface area contributed by atoms with Gasteiger partial charge in [-0.15, -0.1) is 0 Å². The summed E-state index contributed by atoms with van der Waals surface area (Å²) in [4.78, 5) is 30.2. The van der Waals surface area contributed by atoms with Crippen LogP contribution in [0.4, 0.5) is 0 Å². The van der Waals surface area contributed by atoms with Gasteiger partial charge in [-0.05, 0) is 30.2 Å². The molecule has 1 saturated heterocycles. The molecule has 3 aliphatic rings. The maximum absolute atomic E-state index is 13.7. The molecule has 0 saturated carbocycles. The minimum Gasteiger partial charge on any atom is -0.396 e.